The summed E-state index contributed by atoms with van der Waals surface area (Å²) >= 11 is 5.81. The van der Waals surface area contributed by atoms with Crippen molar-refractivity contribution in [3.8, 4) is 0 Å². The predicted octanol–water partition coefficient (Wildman–Crippen LogP) is 2.57. The fourth-order valence-electron chi connectivity index (χ4n) is 2.17. The summed E-state index contributed by atoms with van der Waals surface area (Å²) in [6.45, 7) is 1.34. The second kappa shape index (κ2) is 5.01. The molecule has 1 aliphatic rings. The number of nitro groups is 1. The smallest absolute Gasteiger partial charge is 0.331 e. The lowest BCUT2D eigenvalue weighted by molar-refractivity contribution is -0.486. The number of carbonyl (C=O) groups is 1. The normalized spacial score (nSPS) is 23.2. The van der Waals surface area contributed by atoms with Crippen molar-refractivity contribution in [3.63, 3.8) is 0 Å². The van der Waals surface area contributed by atoms with Gasteiger partial charge in [-0.3, -0.25) is 10.1 Å². The minimum atomic E-state index is -1.00. The summed E-state index contributed by atoms with van der Waals surface area (Å²) in [7, 11) is 0. The van der Waals surface area contributed by atoms with E-state index in [1.807, 2.05) is 0 Å². The molecule has 2 rings (SSSR count). The topological polar surface area (TPSA) is 69.4 Å². The Morgan fingerprint density at radius 1 is 1.42 bits per heavy atom. The molecule has 0 radical (unpaired) electrons. The molecular formula is C13H12ClNO4. The highest BCUT2D eigenvalue weighted by atomic mass is 35.5. The number of ether oxygens (including phenoxy) is 1. The highest BCUT2D eigenvalue weighted by molar-refractivity contribution is 6.30. The van der Waals surface area contributed by atoms with E-state index in [1.54, 1.807) is 37.3 Å². The highest BCUT2D eigenvalue weighted by Crippen LogP contribution is 2.36. The van der Waals surface area contributed by atoms with Crippen molar-refractivity contribution in [1.29, 1.82) is 0 Å². The zero-order valence-electron chi connectivity index (χ0n) is 10.2. The van der Waals surface area contributed by atoms with Gasteiger partial charge in [-0.25, -0.2) is 4.79 Å². The Kier molecular flexibility index (Phi) is 3.57. The van der Waals surface area contributed by atoms with E-state index in [0.29, 0.717) is 10.6 Å². The Morgan fingerprint density at radius 3 is 2.53 bits per heavy atom. The van der Waals surface area contributed by atoms with Gasteiger partial charge in [-0.1, -0.05) is 23.7 Å². The Morgan fingerprint density at radius 2 is 2.05 bits per heavy atom. The number of benzene rings is 1. The van der Waals surface area contributed by atoms with E-state index in [4.69, 9.17) is 16.3 Å². The Labute approximate surface area is 115 Å². The summed E-state index contributed by atoms with van der Waals surface area (Å²) in [4.78, 5) is 21.7. The first kappa shape index (κ1) is 13.5. The van der Waals surface area contributed by atoms with Gasteiger partial charge in [-0.2, -0.15) is 0 Å². The van der Waals surface area contributed by atoms with Crippen molar-refractivity contribution < 1.29 is 14.5 Å². The van der Waals surface area contributed by atoms with Crippen LogP contribution in [0.3, 0.4) is 0 Å². The number of rotatable bonds is 4. The second-order valence-corrected chi connectivity index (χ2v) is 4.99. The number of nitrogens with zero attached hydrogens (tertiary/aromatic N) is 1. The maximum absolute atomic E-state index is 11.2. The number of carbonyl (C=O) groups excluding carboxylic acids is 1. The van der Waals surface area contributed by atoms with Crippen LogP contribution >= 0.6 is 11.6 Å². The number of halogens is 1. The third-order valence-corrected chi connectivity index (χ3v) is 3.42. The molecule has 6 heteroatoms. The molecule has 19 heavy (non-hydrogen) atoms. The maximum atomic E-state index is 11.2. The van der Waals surface area contributed by atoms with E-state index >= 15 is 0 Å². The molecular weight excluding hydrogens is 270 g/mol. The van der Waals surface area contributed by atoms with Crippen LogP contribution in [0.25, 0.3) is 0 Å². The molecule has 0 aliphatic carbocycles. The van der Waals surface area contributed by atoms with E-state index < -0.39 is 22.4 Å². The third kappa shape index (κ3) is 2.93. The lowest BCUT2D eigenvalue weighted by Gasteiger charge is -2.29. The van der Waals surface area contributed by atoms with E-state index in [2.05, 4.69) is 0 Å². The van der Waals surface area contributed by atoms with Crippen molar-refractivity contribution in [2.24, 2.45) is 0 Å². The lowest BCUT2D eigenvalue weighted by Crippen LogP contribution is -2.36. The molecule has 1 aromatic carbocycles. The average molecular weight is 282 g/mol. The number of esters is 1. The van der Waals surface area contributed by atoms with Crippen LogP contribution in [-0.4, -0.2) is 23.0 Å². The van der Waals surface area contributed by atoms with E-state index in [9.17, 15) is 14.9 Å². The molecule has 0 N–H and O–H groups in total. The molecule has 0 bridgehead atoms. The molecule has 2 atom stereocenters. The SMILES string of the molecule is C[C@]1([C@@H](C[N+](=O)[O-])c2ccc(Cl)cc2)C=CC(=O)O1. The standard InChI is InChI=1S/C13H12ClNO4/c1-13(7-6-12(16)19-13)11(8-15(17)18)9-2-4-10(14)5-3-9/h2-7,11H,8H2,1H3/t11-,13+/m0/s1. The van der Waals surface area contributed by atoms with Crippen molar-refractivity contribution in [2.75, 3.05) is 6.54 Å². The van der Waals surface area contributed by atoms with Gasteiger partial charge in [0.2, 0.25) is 6.54 Å². The zero-order valence-corrected chi connectivity index (χ0v) is 11.0. The van der Waals surface area contributed by atoms with Gasteiger partial charge in [0.05, 0.1) is 5.92 Å². The second-order valence-electron chi connectivity index (χ2n) is 4.56. The molecule has 0 amide bonds. The molecule has 0 fully saturated rings. The van der Waals surface area contributed by atoms with Gasteiger partial charge < -0.3 is 4.74 Å². The molecule has 1 aromatic rings. The average Bonchev–Trinajstić information content (AvgIpc) is 2.68. The molecule has 1 heterocycles. The molecule has 0 aromatic heterocycles. The highest BCUT2D eigenvalue weighted by Gasteiger charge is 2.42. The number of hydrogen-bond acceptors (Lipinski definition) is 4. The summed E-state index contributed by atoms with van der Waals surface area (Å²) in [6, 6.07) is 6.74. The first-order chi connectivity index (χ1) is 8.90. The summed E-state index contributed by atoms with van der Waals surface area (Å²) in [5, 5.41) is 11.4. The van der Waals surface area contributed by atoms with Crippen LogP contribution < -0.4 is 0 Å². The van der Waals surface area contributed by atoms with Crippen molar-refractivity contribution in [3.05, 3.63) is 57.1 Å². The van der Waals surface area contributed by atoms with Crippen LogP contribution in [0.15, 0.2) is 36.4 Å². The molecule has 0 spiro atoms. The van der Waals surface area contributed by atoms with E-state index in [0.717, 1.165) is 0 Å². The summed E-state index contributed by atoms with van der Waals surface area (Å²) in [5.41, 5.74) is -0.291. The van der Waals surface area contributed by atoms with Crippen LogP contribution in [0.4, 0.5) is 0 Å². The first-order valence-electron chi connectivity index (χ1n) is 5.70. The van der Waals surface area contributed by atoms with E-state index in [1.165, 1.54) is 6.08 Å². The van der Waals surface area contributed by atoms with Gasteiger partial charge in [-0.05, 0) is 30.7 Å². The van der Waals surface area contributed by atoms with Gasteiger partial charge in [0, 0.05) is 16.0 Å². The predicted molar refractivity (Wildman–Crippen MR) is 69.7 cm³/mol. The van der Waals surface area contributed by atoms with Gasteiger partial charge in [-0.15, -0.1) is 0 Å². The maximum Gasteiger partial charge on any atom is 0.331 e. The van der Waals surface area contributed by atoms with Crippen LogP contribution in [-0.2, 0) is 9.53 Å². The van der Waals surface area contributed by atoms with Crippen LogP contribution in [0.5, 0.6) is 0 Å². The summed E-state index contributed by atoms with van der Waals surface area (Å²) < 4.78 is 5.21. The van der Waals surface area contributed by atoms with Gasteiger partial charge in [0.15, 0.2) is 0 Å². The van der Waals surface area contributed by atoms with Gasteiger partial charge in [0.1, 0.15) is 5.60 Å². The molecule has 5 nitrogen and oxygen atoms in total. The monoisotopic (exact) mass is 281 g/mol. The number of hydrogen-bond donors (Lipinski definition) is 0. The zero-order chi connectivity index (χ0) is 14.0. The molecule has 0 unspecified atom stereocenters. The van der Waals surface area contributed by atoms with Crippen molar-refractivity contribution in [1.82, 2.24) is 0 Å². The Balaban J connectivity index is 2.36. The van der Waals surface area contributed by atoms with E-state index in [-0.39, 0.29) is 6.54 Å². The van der Waals surface area contributed by atoms with Crippen LogP contribution in [0, 0.1) is 10.1 Å². The lowest BCUT2D eigenvalue weighted by atomic mass is 9.83. The fourth-order valence-corrected chi connectivity index (χ4v) is 2.29. The summed E-state index contributed by atoms with van der Waals surface area (Å²) in [5.74, 6) is -1.03. The molecule has 1 aliphatic heterocycles. The Hall–Kier alpha value is -1.88. The number of cyclic esters (lactones) is 1. The minimum Gasteiger partial charge on any atom is -0.451 e. The molecule has 0 saturated carbocycles. The quantitative estimate of drug-likeness (QED) is 0.483. The van der Waals surface area contributed by atoms with Crippen LogP contribution in [0.2, 0.25) is 5.02 Å². The minimum absolute atomic E-state index is 0.324. The molecule has 0 saturated heterocycles. The first-order valence-corrected chi connectivity index (χ1v) is 6.08. The van der Waals surface area contributed by atoms with Gasteiger partial charge in [0.25, 0.3) is 0 Å². The fraction of sp³-hybridized carbons (Fsp3) is 0.308. The van der Waals surface area contributed by atoms with Crippen molar-refractivity contribution in [2.45, 2.75) is 18.4 Å². The Bertz CT molecular complexity index is 540. The summed E-state index contributed by atoms with van der Waals surface area (Å²) in [6.07, 6.45) is 2.86. The van der Waals surface area contributed by atoms with Crippen molar-refractivity contribution >= 4 is 17.6 Å². The largest absolute Gasteiger partial charge is 0.451 e. The molecule has 100 valence electrons. The van der Waals surface area contributed by atoms with Gasteiger partial charge >= 0.3 is 5.97 Å². The van der Waals surface area contributed by atoms with Crippen LogP contribution in [0.1, 0.15) is 18.4 Å². The third-order valence-electron chi connectivity index (χ3n) is 3.17.